The van der Waals surface area contributed by atoms with E-state index in [1.54, 1.807) is 43.5 Å². The lowest BCUT2D eigenvalue weighted by atomic mass is 10.1. The summed E-state index contributed by atoms with van der Waals surface area (Å²) in [5.74, 6) is 0.536. The molecule has 0 spiro atoms. The first-order chi connectivity index (χ1) is 11.3. The molecule has 2 aromatic rings. The molecule has 1 N–H and O–H groups in total. The van der Waals surface area contributed by atoms with E-state index in [2.05, 4.69) is 5.32 Å². The largest absolute Gasteiger partial charge is 0.497 e. The Morgan fingerprint density at radius 2 is 1.62 bits per heavy atom. The molecule has 2 rings (SSSR count). The lowest BCUT2D eigenvalue weighted by Crippen LogP contribution is -2.22. The van der Waals surface area contributed by atoms with Gasteiger partial charge in [-0.2, -0.15) is 0 Å². The number of anilines is 1. The number of rotatable bonds is 6. The summed E-state index contributed by atoms with van der Waals surface area (Å²) in [5, 5.41) is 2.78. The summed E-state index contributed by atoms with van der Waals surface area (Å²) in [6.07, 6.45) is 0.161. The molecule has 0 unspecified atom stereocenters. The molecule has 6 nitrogen and oxygen atoms in total. The average molecular weight is 348 g/mol. The minimum absolute atomic E-state index is 0.161. The second-order valence-electron chi connectivity index (χ2n) is 5.38. The Labute approximate surface area is 142 Å². The Morgan fingerprint density at radius 1 is 1.04 bits per heavy atom. The van der Waals surface area contributed by atoms with E-state index in [9.17, 15) is 13.2 Å². The fourth-order valence-corrected chi connectivity index (χ4v) is 2.96. The molecule has 2 aromatic carbocycles. The zero-order valence-corrected chi connectivity index (χ0v) is 14.6. The number of nitrogens with one attached hydrogen (secondary N) is 1. The summed E-state index contributed by atoms with van der Waals surface area (Å²) in [4.78, 5) is 12.3. The number of methoxy groups -OCH3 is 1. The van der Waals surface area contributed by atoms with Crippen LogP contribution in [0, 0.1) is 0 Å². The van der Waals surface area contributed by atoms with Gasteiger partial charge in [-0.3, -0.25) is 4.79 Å². The molecule has 0 radical (unpaired) electrons. The molecular formula is C17H20N2O4S. The lowest BCUT2D eigenvalue weighted by Gasteiger charge is -2.11. The predicted octanol–water partition coefficient (Wildman–Crippen LogP) is 2.13. The van der Waals surface area contributed by atoms with Crippen molar-refractivity contribution in [3.63, 3.8) is 0 Å². The van der Waals surface area contributed by atoms with Gasteiger partial charge >= 0.3 is 0 Å². The van der Waals surface area contributed by atoms with Crippen molar-refractivity contribution in [1.29, 1.82) is 0 Å². The number of benzene rings is 2. The van der Waals surface area contributed by atoms with Crippen LogP contribution >= 0.6 is 0 Å². The summed E-state index contributed by atoms with van der Waals surface area (Å²) in [6, 6.07) is 13.3. The van der Waals surface area contributed by atoms with Gasteiger partial charge in [0.05, 0.1) is 18.4 Å². The van der Waals surface area contributed by atoms with E-state index in [1.807, 2.05) is 0 Å². The number of nitrogens with zero attached hydrogens (tertiary/aromatic N) is 1. The average Bonchev–Trinajstić information content (AvgIpc) is 2.56. The number of hydrogen-bond donors (Lipinski definition) is 1. The van der Waals surface area contributed by atoms with Crippen LogP contribution in [-0.2, 0) is 21.2 Å². The third-order valence-electron chi connectivity index (χ3n) is 3.44. The Bertz CT molecular complexity index is 797. The second-order valence-corrected chi connectivity index (χ2v) is 7.54. The quantitative estimate of drug-likeness (QED) is 0.868. The minimum atomic E-state index is -3.46. The monoisotopic (exact) mass is 348 g/mol. The van der Waals surface area contributed by atoms with E-state index in [4.69, 9.17) is 4.74 Å². The molecular weight excluding hydrogens is 328 g/mol. The van der Waals surface area contributed by atoms with Crippen LogP contribution in [0.2, 0.25) is 0 Å². The molecule has 0 atom stereocenters. The van der Waals surface area contributed by atoms with Crippen molar-refractivity contribution in [2.24, 2.45) is 0 Å². The molecule has 128 valence electrons. The van der Waals surface area contributed by atoms with Gasteiger partial charge in [0.1, 0.15) is 5.75 Å². The standard InChI is InChI=1S/C17H20N2O4S/c1-19(2)24(21,22)16-10-4-13(5-11-16)12-17(20)18-14-6-8-15(23-3)9-7-14/h4-11H,12H2,1-3H3,(H,18,20). The van der Waals surface area contributed by atoms with E-state index in [0.717, 1.165) is 9.87 Å². The highest BCUT2D eigenvalue weighted by Gasteiger charge is 2.16. The van der Waals surface area contributed by atoms with Crippen LogP contribution < -0.4 is 10.1 Å². The van der Waals surface area contributed by atoms with Crippen LogP contribution in [0.3, 0.4) is 0 Å². The number of hydrogen-bond acceptors (Lipinski definition) is 4. The van der Waals surface area contributed by atoms with Crippen molar-refractivity contribution < 1.29 is 17.9 Å². The summed E-state index contributed by atoms with van der Waals surface area (Å²) < 4.78 is 30.2. The molecule has 0 heterocycles. The van der Waals surface area contributed by atoms with Gasteiger partial charge in [0.25, 0.3) is 0 Å². The van der Waals surface area contributed by atoms with Crippen LogP contribution in [0.25, 0.3) is 0 Å². The molecule has 0 saturated carbocycles. The molecule has 0 fully saturated rings. The maximum Gasteiger partial charge on any atom is 0.242 e. The van der Waals surface area contributed by atoms with Gasteiger partial charge in [-0.1, -0.05) is 12.1 Å². The number of ether oxygens (including phenoxy) is 1. The number of sulfonamides is 1. The molecule has 0 bridgehead atoms. The third-order valence-corrected chi connectivity index (χ3v) is 5.27. The van der Waals surface area contributed by atoms with Gasteiger partial charge in [-0.05, 0) is 42.0 Å². The van der Waals surface area contributed by atoms with Gasteiger partial charge in [-0.15, -0.1) is 0 Å². The van der Waals surface area contributed by atoms with Gasteiger partial charge in [0.2, 0.25) is 15.9 Å². The van der Waals surface area contributed by atoms with Crippen molar-refractivity contribution in [3.8, 4) is 5.75 Å². The van der Waals surface area contributed by atoms with E-state index >= 15 is 0 Å². The Morgan fingerprint density at radius 3 is 2.12 bits per heavy atom. The van der Waals surface area contributed by atoms with Crippen LogP contribution in [-0.4, -0.2) is 39.8 Å². The van der Waals surface area contributed by atoms with Crippen molar-refractivity contribution in [2.75, 3.05) is 26.5 Å². The number of amides is 1. The van der Waals surface area contributed by atoms with Crippen molar-refractivity contribution in [3.05, 3.63) is 54.1 Å². The topological polar surface area (TPSA) is 75.7 Å². The van der Waals surface area contributed by atoms with Crippen LogP contribution in [0.1, 0.15) is 5.56 Å². The lowest BCUT2D eigenvalue weighted by molar-refractivity contribution is -0.115. The molecule has 7 heteroatoms. The number of carbonyl (C=O) groups excluding carboxylic acids is 1. The van der Waals surface area contributed by atoms with Gasteiger partial charge in [-0.25, -0.2) is 12.7 Å². The Kier molecular flexibility index (Phi) is 5.58. The van der Waals surface area contributed by atoms with Crippen LogP contribution in [0.15, 0.2) is 53.4 Å². The predicted molar refractivity (Wildman–Crippen MR) is 92.6 cm³/mol. The summed E-state index contributed by atoms with van der Waals surface area (Å²) >= 11 is 0. The van der Waals surface area contributed by atoms with Crippen LogP contribution in [0.5, 0.6) is 5.75 Å². The summed E-state index contributed by atoms with van der Waals surface area (Å²) in [7, 11) is 1.08. The van der Waals surface area contributed by atoms with Crippen LogP contribution in [0.4, 0.5) is 5.69 Å². The van der Waals surface area contributed by atoms with Gasteiger partial charge < -0.3 is 10.1 Å². The molecule has 0 aromatic heterocycles. The SMILES string of the molecule is COc1ccc(NC(=O)Cc2ccc(S(=O)(=O)N(C)C)cc2)cc1. The molecule has 0 saturated heterocycles. The zero-order valence-electron chi connectivity index (χ0n) is 13.8. The molecule has 0 aliphatic heterocycles. The van der Waals surface area contributed by atoms with Gasteiger partial charge in [0, 0.05) is 19.8 Å². The smallest absolute Gasteiger partial charge is 0.242 e. The maximum absolute atomic E-state index is 12.1. The fourth-order valence-electron chi connectivity index (χ4n) is 2.06. The van der Waals surface area contributed by atoms with Gasteiger partial charge in [0.15, 0.2) is 0 Å². The molecule has 1 amide bonds. The molecule has 0 aliphatic rings. The van der Waals surface area contributed by atoms with Crippen molar-refractivity contribution >= 4 is 21.6 Å². The highest BCUT2D eigenvalue weighted by molar-refractivity contribution is 7.89. The molecule has 24 heavy (non-hydrogen) atoms. The third kappa shape index (κ3) is 4.33. The highest BCUT2D eigenvalue weighted by atomic mass is 32.2. The van der Waals surface area contributed by atoms with E-state index in [-0.39, 0.29) is 17.2 Å². The highest BCUT2D eigenvalue weighted by Crippen LogP contribution is 2.17. The Hall–Kier alpha value is -2.38. The van der Waals surface area contributed by atoms with Crippen molar-refractivity contribution in [2.45, 2.75) is 11.3 Å². The Balaban J connectivity index is 2.01. The van der Waals surface area contributed by atoms with E-state index < -0.39 is 10.0 Å². The fraction of sp³-hybridized carbons (Fsp3) is 0.235. The van der Waals surface area contributed by atoms with Crippen molar-refractivity contribution in [1.82, 2.24) is 4.31 Å². The first-order valence-electron chi connectivity index (χ1n) is 7.28. The summed E-state index contributed by atoms with van der Waals surface area (Å²) in [5.41, 5.74) is 1.41. The maximum atomic E-state index is 12.1. The van der Waals surface area contributed by atoms with E-state index in [0.29, 0.717) is 11.4 Å². The number of carbonyl (C=O) groups is 1. The first-order valence-corrected chi connectivity index (χ1v) is 8.72. The zero-order chi connectivity index (χ0) is 17.7. The molecule has 0 aliphatic carbocycles. The first kappa shape index (κ1) is 18.0. The second kappa shape index (κ2) is 7.46. The minimum Gasteiger partial charge on any atom is -0.497 e. The normalized spacial score (nSPS) is 11.3. The summed E-state index contributed by atoms with van der Waals surface area (Å²) in [6.45, 7) is 0. The van der Waals surface area contributed by atoms with E-state index in [1.165, 1.54) is 26.2 Å².